The molecule has 2 unspecified atom stereocenters. The van der Waals surface area contributed by atoms with Gasteiger partial charge in [0.2, 0.25) is 11.8 Å². The number of nitrogens with zero attached hydrogens (tertiary/aromatic N) is 1. The third-order valence-electron chi connectivity index (χ3n) is 10.9. The number of carbonyl (C=O) groups is 2. The Morgan fingerprint density at radius 2 is 0.843 bits per heavy atom. The van der Waals surface area contributed by atoms with Gasteiger partial charge in [0.25, 0.3) is 0 Å². The summed E-state index contributed by atoms with van der Waals surface area (Å²) in [7, 11) is 0. The van der Waals surface area contributed by atoms with Crippen LogP contribution in [0, 0.1) is 44.9 Å². The highest BCUT2D eigenvalue weighted by atomic mass is 16.3. The van der Waals surface area contributed by atoms with Crippen molar-refractivity contribution in [3.63, 3.8) is 0 Å². The molecule has 0 saturated heterocycles. The van der Waals surface area contributed by atoms with E-state index in [9.17, 15) is 15.0 Å². The first kappa shape index (κ1) is 38.0. The van der Waals surface area contributed by atoms with Crippen molar-refractivity contribution >= 4 is 11.8 Å². The molecule has 2 atom stereocenters. The molecule has 4 aromatic rings. The molecule has 270 valence electrons. The lowest BCUT2D eigenvalue weighted by Gasteiger charge is -2.53. The Labute approximate surface area is 304 Å². The van der Waals surface area contributed by atoms with Crippen molar-refractivity contribution in [2.45, 2.75) is 104 Å². The second kappa shape index (κ2) is 14.8. The van der Waals surface area contributed by atoms with Crippen LogP contribution in [0.4, 0.5) is 0 Å². The van der Waals surface area contributed by atoms with E-state index in [4.69, 9.17) is 5.73 Å². The van der Waals surface area contributed by atoms with E-state index < -0.39 is 40.5 Å². The Morgan fingerprint density at radius 1 is 0.588 bits per heavy atom. The van der Waals surface area contributed by atoms with Crippen LogP contribution >= 0.6 is 0 Å². The molecule has 1 fully saturated rings. The lowest BCUT2D eigenvalue weighted by molar-refractivity contribution is -0.163. The van der Waals surface area contributed by atoms with E-state index >= 15 is 4.79 Å². The van der Waals surface area contributed by atoms with Crippen molar-refractivity contribution in [2.24, 2.45) is 23.0 Å². The van der Waals surface area contributed by atoms with Crippen molar-refractivity contribution in [3.05, 3.63) is 142 Å². The van der Waals surface area contributed by atoms with Crippen molar-refractivity contribution < 1.29 is 19.8 Å². The lowest BCUT2D eigenvalue weighted by atomic mass is 9.71. The molecule has 1 saturated carbocycles. The molecular formula is C45H56N2O4. The molecule has 0 aliphatic heterocycles. The van der Waals surface area contributed by atoms with Gasteiger partial charge in [-0.1, -0.05) is 147 Å². The van der Waals surface area contributed by atoms with Gasteiger partial charge in [-0.3, -0.25) is 9.59 Å². The second-order valence-corrected chi connectivity index (χ2v) is 15.9. The van der Waals surface area contributed by atoms with Gasteiger partial charge < -0.3 is 20.8 Å². The van der Waals surface area contributed by atoms with Gasteiger partial charge in [0.05, 0.1) is 12.1 Å². The molecule has 6 heteroatoms. The molecule has 2 amide bonds. The quantitative estimate of drug-likeness (QED) is 0.117. The largest absolute Gasteiger partial charge is 0.378 e. The van der Waals surface area contributed by atoms with E-state index in [1.165, 1.54) is 0 Å². The first-order valence-electron chi connectivity index (χ1n) is 18.4. The summed E-state index contributed by atoms with van der Waals surface area (Å²) in [6.45, 7) is 16.3. The van der Waals surface area contributed by atoms with Gasteiger partial charge in [-0.05, 0) is 87.5 Å². The third-order valence-corrected chi connectivity index (χ3v) is 10.9. The summed E-state index contributed by atoms with van der Waals surface area (Å²) < 4.78 is 0. The number of primary amides is 1. The molecule has 0 spiro atoms. The van der Waals surface area contributed by atoms with Gasteiger partial charge in [-0.2, -0.15) is 0 Å². The highest BCUT2D eigenvalue weighted by Gasteiger charge is 2.62. The summed E-state index contributed by atoms with van der Waals surface area (Å²) in [6, 6.07) is 29.4. The first-order chi connectivity index (χ1) is 24.0. The summed E-state index contributed by atoms with van der Waals surface area (Å²) in [6.07, 6.45) is 1.40. The number of aryl methyl sites for hydroxylation is 4. The summed E-state index contributed by atoms with van der Waals surface area (Å²) >= 11 is 0. The average Bonchev–Trinajstić information content (AvgIpc) is 3.90. The molecule has 4 aromatic carbocycles. The fraction of sp³-hybridized carbons (Fsp3) is 0.422. The summed E-state index contributed by atoms with van der Waals surface area (Å²) in [5.74, 6) is -1.08. The molecular weight excluding hydrogens is 633 g/mol. The van der Waals surface area contributed by atoms with Gasteiger partial charge in [0.1, 0.15) is 16.6 Å². The summed E-state index contributed by atoms with van der Waals surface area (Å²) in [5, 5.41) is 27.3. The number of nitrogens with two attached hydrogens (primary N) is 1. The van der Waals surface area contributed by atoms with Gasteiger partial charge in [0, 0.05) is 0 Å². The standard InChI is InChI=1S/C45H56N2O4/c1-29(2)27-39(44(50,35-17-9-31(5)10-18-35)36-19-11-32(6)12-20-36)47(42(49)43(25-26-43)41(46)48)40(28-30(3)4)45(51,37-21-13-33(7)14-22-37)38-23-15-34(8)16-24-38/h9-24,29-30,39-40,50-51H,25-28H2,1-8H3,(H2,46,48). The van der Waals surface area contributed by atoms with Crippen LogP contribution in [0.25, 0.3) is 0 Å². The first-order valence-corrected chi connectivity index (χ1v) is 18.4. The molecule has 0 bridgehead atoms. The Morgan fingerprint density at radius 3 is 1.04 bits per heavy atom. The molecule has 1 aliphatic rings. The Bertz CT molecular complexity index is 1600. The van der Waals surface area contributed by atoms with Crippen LogP contribution in [0.2, 0.25) is 0 Å². The SMILES string of the molecule is Cc1ccc(C(O)(c2ccc(C)cc2)C(CC(C)C)N(C(=O)C2(C(N)=O)CC2)C(CC(C)C)C(O)(c2ccc(C)cc2)c2ccc(C)cc2)cc1. The number of rotatable bonds is 14. The Hall–Kier alpha value is -4.26. The van der Waals surface area contributed by atoms with Crippen molar-refractivity contribution in [1.82, 2.24) is 4.90 Å². The van der Waals surface area contributed by atoms with E-state index in [0.29, 0.717) is 47.9 Å². The van der Waals surface area contributed by atoms with Crippen molar-refractivity contribution in [1.29, 1.82) is 0 Å². The van der Waals surface area contributed by atoms with Gasteiger partial charge in [0.15, 0.2) is 0 Å². The normalized spacial score (nSPS) is 15.5. The van der Waals surface area contributed by atoms with Crippen LogP contribution in [0.15, 0.2) is 97.1 Å². The van der Waals surface area contributed by atoms with Crippen LogP contribution in [0.5, 0.6) is 0 Å². The number of aliphatic hydroxyl groups is 2. The zero-order valence-corrected chi connectivity index (χ0v) is 31.6. The van der Waals surface area contributed by atoms with Crippen LogP contribution in [0.3, 0.4) is 0 Å². The topological polar surface area (TPSA) is 104 Å². The lowest BCUT2D eigenvalue weighted by Crippen LogP contribution is -2.65. The predicted molar refractivity (Wildman–Crippen MR) is 205 cm³/mol. The minimum atomic E-state index is -1.73. The molecule has 1 aliphatic carbocycles. The van der Waals surface area contributed by atoms with Crippen molar-refractivity contribution in [3.8, 4) is 0 Å². The number of amides is 2. The van der Waals surface area contributed by atoms with E-state index in [0.717, 1.165) is 22.3 Å². The second-order valence-electron chi connectivity index (χ2n) is 15.9. The minimum absolute atomic E-state index is 0.0167. The fourth-order valence-corrected chi connectivity index (χ4v) is 7.64. The van der Waals surface area contributed by atoms with Crippen LogP contribution in [-0.4, -0.2) is 39.0 Å². The van der Waals surface area contributed by atoms with Gasteiger partial charge >= 0.3 is 0 Å². The highest BCUT2D eigenvalue weighted by Crippen LogP contribution is 2.52. The maximum absolute atomic E-state index is 15.6. The number of hydrogen-bond donors (Lipinski definition) is 3. The number of benzene rings is 4. The fourth-order valence-electron chi connectivity index (χ4n) is 7.64. The average molecular weight is 689 g/mol. The maximum atomic E-state index is 15.6. The molecule has 0 heterocycles. The predicted octanol–water partition coefficient (Wildman–Crippen LogP) is 8.02. The molecule has 6 nitrogen and oxygen atoms in total. The van der Waals surface area contributed by atoms with E-state index in [2.05, 4.69) is 27.7 Å². The molecule has 0 radical (unpaired) electrons. The Balaban J connectivity index is 1.91. The van der Waals surface area contributed by atoms with Gasteiger partial charge in [-0.25, -0.2) is 0 Å². The third kappa shape index (κ3) is 7.40. The van der Waals surface area contributed by atoms with E-state index in [-0.39, 0.29) is 11.8 Å². The summed E-state index contributed by atoms with van der Waals surface area (Å²) in [5.41, 5.74) is 7.86. The number of hydrogen-bond acceptors (Lipinski definition) is 4. The van der Waals surface area contributed by atoms with E-state index in [1.54, 1.807) is 4.90 Å². The monoisotopic (exact) mass is 688 g/mol. The smallest absolute Gasteiger partial charge is 0.239 e. The molecule has 4 N–H and O–H groups in total. The van der Waals surface area contributed by atoms with Gasteiger partial charge in [-0.15, -0.1) is 0 Å². The van der Waals surface area contributed by atoms with Crippen LogP contribution in [-0.2, 0) is 20.8 Å². The maximum Gasteiger partial charge on any atom is 0.239 e. The molecule has 5 rings (SSSR count). The Kier molecular flexibility index (Phi) is 11.0. The van der Waals surface area contributed by atoms with Crippen molar-refractivity contribution in [2.75, 3.05) is 0 Å². The number of carbonyl (C=O) groups excluding carboxylic acids is 2. The van der Waals surface area contributed by atoms with Crippen LogP contribution < -0.4 is 5.73 Å². The zero-order chi connectivity index (χ0) is 37.3. The zero-order valence-electron chi connectivity index (χ0n) is 31.6. The van der Waals surface area contributed by atoms with Crippen LogP contribution in [0.1, 0.15) is 97.9 Å². The van der Waals surface area contributed by atoms with E-state index in [1.807, 2.05) is 125 Å². The minimum Gasteiger partial charge on any atom is -0.378 e. The molecule has 51 heavy (non-hydrogen) atoms. The highest BCUT2D eigenvalue weighted by molar-refractivity contribution is 6.07. The summed E-state index contributed by atoms with van der Waals surface area (Å²) in [4.78, 5) is 30.6. The molecule has 0 aromatic heterocycles.